The van der Waals surface area contributed by atoms with Gasteiger partial charge in [0.2, 0.25) is 0 Å². The minimum Gasteiger partial charge on any atom is -0.299 e. The first-order chi connectivity index (χ1) is 6.24. The van der Waals surface area contributed by atoms with Crippen molar-refractivity contribution in [2.75, 3.05) is 0 Å². The number of ketones is 1. The van der Waals surface area contributed by atoms with E-state index in [1.54, 1.807) is 0 Å². The van der Waals surface area contributed by atoms with Gasteiger partial charge in [0.15, 0.2) is 0 Å². The van der Waals surface area contributed by atoms with Crippen LogP contribution in [-0.4, -0.2) is 5.78 Å². The molecule has 0 unspecified atom stereocenters. The molecule has 1 saturated carbocycles. The SMILES string of the molecule is C#CCCC(=O)C1CCC(C)CC1. The Morgan fingerprint density at radius 2 is 2.00 bits per heavy atom. The van der Waals surface area contributed by atoms with Crippen LogP contribution in [0.2, 0.25) is 0 Å². The fourth-order valence-electron chi connectivity index (χ4n) is 1.98. The fourth-order valence-corrected chi connectivity index (χ4v) is 1.98. The molecule has 0 radical (unpaired) electrons. The van der Waals surface area contributed by atoms with Crippen LogP contribution in [-0.2, 0) is 4.79 Å². The molecule has 0 saturated heterocycles. The third kappa shape index (κ3) is 3.22. The second-order valence-electron chi connectivity index (χ2n) is 4.13. The predicted molar refractivity (Wildman–Crippen MR) is 54.2 cm³/mol. The normalized spacial score (nSPS) is 28.0. The molecule has 1 aliphatic carbocycles. The molecule has 13 heavy (non-hydrogen) atoms. The maximum absolute atomic E-state index is 11.6. The van der Waals surface area contributed by atoms with E-state index in [2.05, 4.69) is 12.8 Å². The first kappa shape index (κ1) is 10.3. The van der Waals surface area contributed by atoms with Crippen LogP contribution in [0, 0.1) is 24.2 Å². The lowest BCUT2D eigenvalue weighted by Gasteiger charge is -2.24. The van der Waals surface area contributed by atoms with Gasteiger partial charge in [0, 0.05) is 18.8 Å². The summed E-state index contributed by atoms with van der Waals surface area (Å²) < 4.78 is 0. The highest BCUT2D eigenvalue weighted by Crippen LogP contribution is 2.29. The maximum Gasteiger partial charge on any atom is 0.136 e. The molecule has 0 heterocycles. The average Bonchev–Trinajstić information content (AvgIpc) is 2.15. The first-order valence-electron chi connectivity index (χ1n) is 5.20. The summed E-state index contributed by atoms with van der Waals surface area (Å²) in [6.07, 6.45) is 10.9. The van der Waals surface area contributed by atoms with E-state index >= 15 is 0 Å². The highest BCUT2D eigenvalue weighted by Gasteiger charge is 2.23. The first-order valence-corrected chi connectivity index (χ1v) is 5.20. The van der Waals surface area contributed by atoms with E-state index in [0.717, 1.165) is 18.8 Å². The summed E-state index contributed by atoms with van der Waals surface area (Å²) in [6, 6.07) is 0. The van der Waals surface area contributed by atoms with Crippen LogP contribution in [0.15, 0.2) is 0 Å². The molecule has 0 N–H and O–H groups in total. The third-order valence-electron chi connectivity index (χ3n) is 2.99. The molecule has 0 aliphatic heterocycles. The van der Waals surface area contributed by atoms with E-state index in [9.17, 15) is 4.79 Å². The average molecular weight is 178 g/mol. The summed E-state index contributed by atoms with van der Waals surface area (Å²) in [5, 5.41) is 0. The van der Waals surface area contributed by atoms with Crippen LogP contribution in [0.3, 0.4) is 0 Å². The predicted octanol–water partition coefficient (Wildman–Crippen LogP) is 2.80. The molecule has 0 atom stereocenters. The Bertz CT molecular complexity index is 204. The molecule has 0 bridgehead atoms. The van der Waals surface area contributed by atoms with Crippen LogP contribution < -0.4 is 0 Å². The van der Waals surface area contributed by atoms with Gasteiger partial charge in [-0.05, 0) is 18.8 Å². The zero-order valence-electron chi connectivity index (χ0n) is 8.38. The van der Waals surface area contributed by atoms with Gasteiger partial charge in [0.25, 0.3) is 0 Å². The molecule has 1 nitrogen and oxygen atoms in total. The van der Waals surface area contributed by atoms with Crippen molar-refractivity contribution < 1.29 is 4.79 Å². The molecule has 1 aliphatic rings. The highest BCUT2D eigenvalue weighted by molar-refractivity contribution is 5.81. The topological polar surface area (TPSA) is 17.1 Å². The summed E-state index contributed by atoms with van der Waals surface area (Å²) in [5.74, 6) is 4.06. The van der Waals surface area contributed by atoms with E-state index in [1.165, 1.54) is 12.8 Å². The molecular weight excluding hydrogens is 160 g/mol. The lowest BCUT2D eigenvalue weighted by molar-refractivity contribution is -0.123. The van der Waals surface area contributed by atoms with Crippen LogP contribution in [0.5, 0.6) is 0 Å². The largest absolute Gasteiger partial charge is 0.299 e. The van der Waals surface area contributed by atoms with Crippen molar-refractivity contribution in [3.05, 3.63) is 0 Å². The van der Waals surface area contributed by atoms with Crippen molar-refractivity contribution in [1.29, 1.82) is 0 Å². The van der Waals surface area contributed by atoms with Gasteiger partial charge in [0.1, 0.15) is 5.78 Å². The number of Topliss-reactive ketones (excluding diaryl/α,β-unsaturated/α-hetero) is 1. The highest BCUT2D eigenvalue weighted by atomic mass is 16.1. The molecule has 0 spiro atoms. The van der Waals surface area contributed by atoms with Gasteiger partial charge in [-0.3, -0.25) is 4.79 Å². The van der Waals surface area contributed by atoms with Gasteiger partial charge in [0.05, 0.1) is 0 Å². The Morgan fingerprint density at radius 1 is 1.38 bits per heavy atom. The number of hydrogen-bond acceptors (Lipinski definition) is 1. The van der Waals surface area contributed by atoms with E-state index in [1.807, 2.05) is 0 Å². The van der Waals surface area contributed by atoms with Gasteiger partial charge in [-0.25, -0.2) is 0 Å². The van der Waals surface area contributed by atoms with E-state index in [4.69, 9.17) is 6.42 Å². The Balaban J connectivity index is 2.28. The van der Waals surface area contributed by atoms with Crippen molar-refractivity contribution in [1.82, 2.24) is 0 Å². The van der Waals surface area contributed by atoms with Crippen molar-refractivity contribution in [2.24, 2.45) is 11.8 Å². The smallest absolute Gasteiger partial charge is 0.136 e. The lowest BCUT2D eigenvalue weighted by Crippen LogP contribution is -2.20. The van der Waals surface area contributed by atoms with Gasteiger partial charge < -0.3 is 0 Å². The monoisotopic (exact) mass is 178 g/mol. The van der Waals surface area contributed by atoms with Crippen molar-refractivity contribution in [2.45, 2.75) is 45.4 Å². The molecule has 1 fully saturated rings. The Labute approximate surface area is 80.9 Å². The van der Waals surface area contributed by atoms with Crippen molar-refractivity contribution in [3.8, 4) is 12.3 Å². The fraction of sp³-hybridized carbons (Fsp3) is 0.750. The van der Waals surface area contributed by atoms with Crippen LogP contribution in [0.4, 0.5) is 0 Å². The van der Waals surface area contributed by atoms with E-state index < -0.39 is 0 Å². The Hall–Kier alpha value is -0.770. The molecule has 1 heteroatoms. The van der Waals surface area contributed by atoms with Crippen molar-refractivity contribution >= 4 is 5.78 Å². The minimum atomic E-state index is 0.324. The second-order valence-corrected chi connectivity index (χ2v) is 4.13. The number of carbonyl (C=O) groups excluding carboxylic acids is 1. The summed E-state index contributed by atoms with van der Waals surface area (Å²) in [4.78, 5) is 11.6. The van der Waals surface area contributed by atoms with Crippen LogP contribution >= 0.6 is 0 Å². The summed E-state index contributed by atoms with van der Waals surface area (Å²) in [7, 11) is 0. The molecule has 72 valence electrons. The van der Waals surface area contributed by atoms with Crippen LogP contribution in [0.1, 0.15) is 45.4 Å². The summed E-state index contributed by atoms with van der Waals surface area (Å²) in [6.45, 7) is 2.27. The zero-order chi connectivity index (χ0) is 9.68. The van der Waals surface area contributed by atoms with Gasteiger partial charge in [-0.1, -0.05) is 19.8 Å². The number of carbonyl (C=O) groups is 1. The molecule has 0 aromatic heterocycles. The van der Waals surface area contributed by atoms with Gasteiger partial charge in [-0.15, -0.1) is 12.3 Å². The molecule has 0 aromatic carbocycles. The zero-order valence-corrected chi connectivity index (χ0v) is 8.38. The molecule has 0 amide bonds. The number of rotatable bonds is 3. The molecular formula is C12H18O. The summed E-state index contributed by atoms with van der Waals surface area (Å²) >= 11 is 0. The molecule has 0 aromatic rings. The van der Waals surface area contributed by atoms with Crippen molar-refractivity contribution in [3.63, 3.8) is 0 Å². The van der Waals surface area contributed by atoms with E-state index in [-0.39, 0.29) is 0 Å². The van der Waals surface area contributed by atoms with E-state index in [0.29, 0.717) is 24.5 Å². The van der Waals surface area contributed by atoms with Gasteiger partial charge in [-0.2, -0.15) is 0 Å². The number of hydrogen-bond donors (Lipinski definition) is 0. The Morgan fingerprint density at radius 3 is 2.54 bits per heavy atom. The molecule has 1 rings (SSSR count). The third-order valence-corrected chi connectivity index (χ3v) is 2.99. The quantitative estimate of drug-likeness (QED) is 0.607. The van der Waals surface area contributed by atoms with Gasteiger partial charge >= 0.3 is 0 Å². The maximum atomic E-state index is 11.6. The minimum absolute atomic E-state index is 0.324. The Kier molecular flexibility index (Phi) is 4.02. The summed E-state index contributed by atoms with van der Waals surface area (Å²) in [5.41, 5.74) is 0. The second kappa shape index (κ2) is 5.07. The lowest BCUT2D eigenvalue weighted by atomic mass is 9.80. The van der Waals surface area contributed by atoms with Crippen LogP contribution in [0.25, 0.3) is 0 Å². The standard InChI is InChI=1S/C12H18O/c1-3-4-5-12(13)11-8-6-10(2)7-9-11/h1,10-11H,4-9H2,2H3. The number of terminal acetylenes is 1.